The average molecular weight is 349 g/mol. The lowest BCUT2D eigenvalue weighted by atomic mass is 10.1. The summed E-state index contributed by atoms with van der Waals surface area (Å²) in [5, 5.41) is 0.602. The Morgan fingerprint density at radius 1 is 1.17 bits per heavy atom. The molecule has 24 heavy (non-hydrogen) atoms. The Morgan fingerprint density at radius 3 is 2.42 bits per heavy atom. The number of aryl methyl sites for hydroxylation is 2. The summed E-state index contributed by atoms with van der Waals surface area (Å²) >= 11 is 5.97. The third-order valence-electron chi connectivity index (χ3n) is 3.18. The van der Waals surface area contributed by atoms with Crippen molar-refractivity contribution in [3.63, 3.8) is 0 Å². The van der Waals surface area contributed by atoms with E-state index in [1.54, 1.807) is 19.1 Å². The van der Waals surface area contributed by atoms with Crippen molar-refractivity contribution in [1.82, 2.24) is 20.8 Å². The first-order valence-corrected chi connectivity index (χ1v) is 7.56. The van der Waals surface area contributed by atoms with Gasteiger partial charge in [-0.25, -0.2) is 4.98 Å². The van der Waals surface area contributed by atoms with E-state index in [1.165, 1.54) is 18.6 Å². The predicted molar refractivity (Wildman–Crippen MR) is 88.7 cm³/mol. The number of ether oxygens (including phenoxy) is 1. The molecule has 0 aliphatic carbocycles. The number of benzene rings is 1. The SMILES string of the molecule is Cc1cc(Cl)cc(C)c1OC(C)C(=O)NNC(=O)c1cnccn1. The van der Waals surface area contributed by atoms with Crippen molar-refractivity contribution in [2.75, 3.05) is 0 Å². The first kappa shape index (κ1) is 17.7. The van der Waals surface area contributed by atoms with Crippen molar-refractivity contribution < 1.29 is 14.3 Å². The van der Waals surface area contributed by atoms with Crippen LogP contribution in [0.5, 0.6) is 5.75 Å². The van der Waals surface area contributed by atoms with Crippen LogP contribution in [0.1, 0.15) is 28.5 Å². The van der Waals surface area contributed by atoms with E-state index in [0.717, 1.165) is 11.1 Å². The van der Waals surface area contributed by atoms with Crippen molar-refractivity contribution in [2.24, 2.45) is 0 Å². The molecule has 0 aliphatic rings. The topological polar surface area (TPSA) is 93.2 Å². The molecule has 2 N–H and O–H groups in total. The van der Waals surface area contributed by atoms with Crippen LogP contribution in [0.2, 0.25) is 5.02 Å². The van der Waals surface area contributed by atoms with Gasteiger partial charge in [-0.3, -0.25) is 25.4 Å². The van der Waals surface area contributed by atoms with Crippen LogP contribution in [0.15, 0.2) is 30.7 Å². The largest absolute Gasteiger partial charge is 0.480 e. The Morgan fingerprint density at radius 2 is 1.83 bits per heavy atom. The number of nitrogens with one attached hydrogen (secondary N) is 2. The summed E-state index contributed by atoms with van der Waals surface area (Å²) in [6.45, 7) is 5.26. The predicted octanol–water partition coefficient (Wildman–Crippen LogP) is 1.98. The van der Waals surface area contributed by atoms with Gasteiger partial charge in [0.15, 0.2) is 6.10 Å². The van der Waals surface area contributed by atoms with Crippen molar-refractivity contribution in [3.05, 3.63) is 52.6 Å². The van der Waals surface area contributed by atoms with Gasteiger partial charge in [-0.1, -0.05) is 11.6 Å². The third kappa shape index (κ3) is 4.42. The van der Waals surface area contributed by atoms with Crippen LogP contribution in [-0.2, 0) is 4.79 Å². The molecule has 2 amide bonds. The van der Waals surface area contributed by atoms with Gasteiger partial charge in [-0.2, -0.15) is 0 Å². The van der Waals surface area contributed by atoms with Crippen LogP contribution >= 0.6 is 11.6 Å². The van der Waals surface area contributed by atoms with E-state index in [-0.39, 0.29) is 5.69 Å². The van der Waals surface area contributed by atoms with E-state index in [0.29, 0.717) is 10.8 Å². The number of carbonyl (C=O) groups is 2. The van der Waals surface area contributed by atoms with E-state index in [4.69, 9.17) is 16.3 Å². The summed E-state index contributed by atoms with van der Waals surface area (Å²) in [5.41, 5.74) is 6.29. The van der Waals surface area contributed by atoms with Crippen molar-refractivity contribution in [3.8, 4) is 5.75 Å². The minimum absolute atomic E-state index is 0.0933. The fraction of sp³-hybridized carbons (Fsp3) is 0.250. The molecule has 0 fully saturated rings. The number of hydrazine groups is 1. The van der Waals surface area contributed by atoms with Crippen LogP contribution in [-0.4, -0.2) is 27.9 Å². The third-order valence-corrected chi connectivity index (χ3v) is 3.40. The lowest BCUT2D eigenvalue weighted by Crippen LogP contribution is -2.47. The number of nitrogens with zero attached hydrogens (tertiary/aromatic N) is 2. The fourth-order valence-electron chi connectivity index (χ4n) is 2.01. The van der Waals surface area contributed by atoms with Gasteiger partial charge in [0.25, 0.3) is 11.8 Å². The van der Waals surface area contributed by atoms with Gasteiger partial charge in [0.05, 0.1) is 6.20 Å². The smallest absolute Gasteiger partial charge is 0.289 e. The minimum atomic E-state index is -0.814. The highest BCUT2D eigenvalue weighted by molar-refractivity contribution is 6.30. The Kier molecular flexibility index (Phi) is 5.70. The molecule has 1 aromatic heterocycles. The fourth-order valence-corrected chi connectivity index (χ4v) is 2.34. The molecule has 1 unspecified atom stereocenters. The molecular weight excluding hydrogens is 332 g/mol. The van der Waals surface area contributed by atoms with Crippen LogP contribution < -0.4 is 15.6 Å². The number of aromatic nitrogens is 2. The van der Waals surface area contributed by atoms with Crippen LogP contribution in [0.3, 0.4) is 0 Å². The quantitative estimate of drug-likeness (QED) is 0.824. The van der Waals surface area contributed by atoms with Gasteiger partial charge in [0, 0.05) is 17.4 Å². The van der Waals surface area contributed by atoms with Crippen molar-refractivity contribution in [1.29, 1.82) is 0 Å². The molecule has 2 aromatic rings. The summed E-state index contributed by atoms with van der Waals surface area (Å²) in [6.07, 6.45) is 3.31. The van der Waals surface area contributed by atoms with E-state index in [1.807, 2.05) is 13.8 Å². The second kappa shape index (κ2) is 7.74. The Bertz CT molecular complexity index is 729. The van der Waals surface area contributed by atoms with Crippen molar-refractivity contribution >= 4 is 23.4 Å². The maximum atomic E-state index is 12.1. The summed E-state index contributed by atoms with van der Waals surface area (Å²) in [7, 11) is 0. The summed E-state index contributed by atoms with van der Waals surface area (Å²) < 4.78 is 5.68. The summed E-state index contributed by atoms with van der Waals surface area (Å²) in [4.78, 5) is 31.5. The molecule has 126 valence electrons. The lowest BCUT2D eigenvalue weighted by Gasteiger charge is -2.18. The maximum absolute atomic E-state index is 12.1. The molecular formula is C16H17ClN4O3. The molecule has 0 saturated heterocycles. The molecule has 1 aromatic carbocycles. The molecule has 0 aliphatic heterocycles. The highest BCUT2D eigenvalue weighted by atomic mass is 35.5. The minimum Gasteiger partial charge on any atom is -0.480 e. The first-order chi connectivity index (χ1) is 11.4. The zero-order valence-corrected chi connectivity index (χ0v) is 14.2. The highest BCUT2D eigenvalue weighted by Gasteiger charge is 2.18. The van der Waals surface area contributed by atoms with Crippen molar-refractivity contribution in [2.45, 2.75) is 26.9 Å². The Labute approximate surface area is 144 Å². The van der Waals surface area contributed by atoms with Crippen LogP contribution in [0.25, 0.3) is 0 Å². The maximum Gasteiger partial charge on any atom is 0.289 e. The molecule has 0 saturated carbocycles. The lowest BCUT2D eigenvalue weighted by molar-refractivity contribution is -0.128. The van der Waals surface area contributed by atoms with Crippen LogP contribution in [0, 0.1) is 13.8 Å². The molecule has 0 bridgehead atoms. The molecule has 0 radical (unpaired) electrons. The number of halogens is 1. The standard InChI is InChI=1S/C16H17ClN4O3/c1-9-6-12(17)7-10(2)14(9)24-11(3)15(22)20-21-16(23)13-8-18-4-5-19-13/h4-8,11H,1-3H3,(H,20,22)(H,21,23). The average Bonchev–Trinajstić information content (AvgIpc) is 2.56. The van der Waals surface area contributed by atoms with E-state index in [2.05, 4.69) is 20.8 Å². The zero-order valence-electron chi connectivity index (χ0n) is 13.5. The Hall–Kier alpha value is -2.67. The molecule has 7 nitrogen and oxygen atoms in total. The van der Waals surface area contributed by atoms with Gasteiger partial charge in [0.2, 0.25) is 0 Å². The number of rotatable bonds is 4. The molecule has 0 spiro atoms. The van der Waals surface area contributed by atoms with Gasteiger partial charge < -0.3 is 4.74 Å². The monoisotopic (exact) mass is 348 g/mol. The van der Waals surface area contributed by atoms with Gasteiger partial charge in [-0.05, 0) is 44.0 Å². The zero-order chi connectivity index (χ0) is 17.7. The van der Waals surface area contributed by atoms with E-state index in [9.17, 15) is 9.59 Å². The number of amides is 2. The number of hydrogen-bond donors (Lipinski definition) is 2. The summed E-state index contributed by atoms with van der Waals surface area (Å²) in [5.74, 6) is -0.481. The van der Waals surface area contributed by atoms with Gasteiger partial charge in [0.1, 0.15) is 11.4 Å². The van der Waals surface area contributed by atoms with Crippen LogP contribution in [0.4, 0.5) is 0 Å². The number of hydrogen-bond acceptors (Lipinski definition) is 5. The van der Waals surface area contributed by atoms with E-state index >= 15 is 0 Å². The normalized spacial score (nSPS) is 11.5. The second-order valence-corrected chi connectivity index (χ2v) is 5.60. The van der Waals surface area contributed by atoms with Gasteiger partial charge >= 0.3 is 0 Å². The molecule has 1 atom stereocenters. The van der Waals surface area contributed by atoms with E-state index < -0.39 is 17.9 Å². The summed E-state index contributed by atoms with van der Waals surface area (Å²) in [6, 6.07) is 3.51. The molecule has 1 heterocycles. The highest BCUT2D eigenvalue weighted by Crippen LogP contribution is 2.27. The van der Waals surface area contributed by atoms with Gasteiger partial charge in [-0.15, -0.1) is 0 Å². The second-order valence-electron chi connectivity index (χ2n) is 5.16. The molecule has 8 heteroatoms. The number of carbonyl (C=O) groups excluding carboxylic acids is 2. The Balaban J connectivity index is 1.94. The first-order valence-electron chi connectivity index (χ1n) is 7.18. The molecule has 2 rings (SSSR count).